The molecule has 29 heavy (non-hydrogen) atoms. The number of hydrogen-bond donors (Lipinski definition) is 2. The fraction of sp³-hybridized carbons (Fsp3) is 0.273. The maximum absolute atomic E-state index is 12.9. The average molecular weight is 460 g/mol. The highest BCUT2D eigenvalue weighted by Crippen LogP contribution is 2.40. The summed E-state index contributed by atoms with van der Waals surface area (Å²) in [7, 11) is 1.57. The summed E-state index contributed by atoms with van der Waals surface area (Å²) in [4.78, 5) is 27.1. The summed E-state index contributed by atoms with van der Waals surface area (Å²) < 4.78 is 5.94. The number of phenols is 1. The Morgan fingerprint density at radius 2 is 1.97 bits per heavy atom. The van der Waals surface area contributed by atoms with Gasteiger partial charge in [-0.25, -0.2) is 0 Å². The number of nitrogens with zero attached hydrogens (tertiary/aromatic N) is 1. The maximum Gasteiger partial charge on any atom is 0.295 e. The van der Waals surface area contributed by atoms with Gasteiger partial charge in [0.1, 0.15) is 11.5 Å². The molecule has 0 radical (unpaired) electrons. The second-order valence-electron chi connectivity index (χ2n) is 6.90. The van der Waals surface area contributed by atoms with E-state index in [0.29, 0.717) is 24.2 Å². The monoisotopic (exact) mass is 459 g/mol. The first-order valence-corrected chi connectivity index (χ1v) is 9.97. The van der Waals surface area contributed by atoms with E-state index < -0.39 is 17.7 Å². The van der Waals surface area contributed by atoms with E-state index in [0.717, 1.165) is 10.0 Å². The van der Waals surface area contributed by atoms with Crippen LogP contribution in [0.25, 0.3) is 5.76 Å². The van der Waals surface area contributed by atoms with E-state index in [9.17, 15) is 19.8 Å². The number of phenolic OH excluding ortho intramolecular Hbond substituents is 1. The van der Waals surface area contributed by atoms with Gasteiger partial charge in [0.2, 0.25) is 0 Å². The van der Waals surface area contributed by atoms with Crippen LogP contribution in [0.5, 0.6) is 5.75 Å². The Balaban J connectivity index is 2.14. The van der Waals surface area contributed by atoms with Gasteiger partial charge in [-0.1, -0.05) is 34.1 Å². The van der Waals surface area contributed by atoms with Crippen molar-refractivity contribution in [1.82, 2.24) is 4.90 Å². The Kier molecular flexibility index (Phi) is 6.39. The number of halogens is 1. The molecule has 0 aromatic heterocycles. The predicted octanol–water partition coefficient (Wildman–Crippen LogP) is 3.92. The number of hydrogen-bond acceptors (Lipinski definition) is 5. The number of aromatic hydroxyl groups is 1. The smallest absolute Gasteiger partial charge is 0.295 e. The van der Waals surface area contributed by atoms with Gasteiger partial charge in [-0.05, 0) is 48.7 Å². The molecule has 1 heterocycles. The van der Waals surface area contributed by atoms with Gasteiger partial charge in [-0.3, -0.25) is 9.59 Å². The van der Waals surface area contributed by atoms with Crippen molar-refractivity contribution in [3.63, 3.8) is 0 Å². The Labute approximate surface area is 177 Å². The summed E-state index contributed by atoms with van der Waals surface area (Å²) in [5.74, 6) is -1.63. The minimum absolute atomic E-state index is 0.0136. The van der Waals surface area contributed by atoms with Gasteiger partial charge < -0.3 is 19.8 Å². The highest BCUT2D eigenvalue weighted by molar-refractivity contribution is 9.10. The average Bonchev–Trinajstić information content (AvgIpc) is 2.94. The standard InChI is InChI=1S/C22H22BrNO5/c1-13-11-15(7-8-17(13)23)20(26)18-19(14-5-3-6-16(25)12-14)24(9-4-10-29-2)22(28)21(18)27/h3,5-8,11-12,19,25-26H,4,9-10H2,1-2H3/b20-18-. The summed E-state index contributed by atoms with van der Waals surface area (Å²) in [5, 5.41) is 20.9. The van der Waals surface area contributed by atoms with E-state index in [1.807, 2.05) is 6.92 Å². The topological polar surface area (TPSA) is 87.1 Å². The summed E-state index contributed by atoms with van der Waals surface area (Å²) in [6.07, 6.45) is 0.538. The first kappa shape index (κ1) is 21.1. The van der Waals surface area contributed by atoms with Crippen LogP contribution >= 0.6 is 15.9 Å². The number of Topliss-reactive ketones (excluding diaryl/α,β-unsaturated/α-hetero) is 1. The molecule has 0 spiro atoms. The lowest BCUT2D eigenvalue weighted by molar-refractivity contribution is -0.140. The molecule has 2 aromatic carbocycles. The molecule has 1 aliphatic heterocycles. The molecule has 1 saturated heterocycles. The molecule has 1 aliphatic rings. The molecular weight excluding hydrogens is 438 g/mol. The van der Waals surface area contributed by atoms with Crippen molar-refractivity contribution in [2.24, 2.45) is 0 Å². The van der Waals surface area contributed by atoms with Crippen molar-refractivity contribution >= 4 is 33.4 Å². The van der Waals surface area contributed by atoms with E-state index >= 15 is 0 Å². The van der Waals surface area contributed by atoms with Crippen molar-refractivity contribution in [3.05, 3.63) is 69.2 Å². The van der Waals surface area contributed by atoms with Gasteiger partial charge in [-0.2, -0.15) is 0 Å². The number of methoxy groups -OCH3 is 1. The van der Waals surface area contributed by atoms with E-state index in [2.05, 4.69) is 15.9 Å². The molecule has 152 valence electrons. The maximum atomic E-state index is 12.9. The van der Waals surface area contributed by atoms with Crippen LogP contribution in [0.1, 0.15) is 29.2 Å². The second-order valence-corrected chi connectivity index (χ2v) is 7.75. The lowest BCUT2D eigenvalue weighted by Gasteiger charge is -2.25. The molecule has 3 rings (SSSR count). The van der Waals surface area contributed by atoms with Crippen molar-refractivity contribution in [2.75, 3.05) is 20.3 Å². The fourth-order valence-corrected chi connectivity index (χ4v) is 3.73. The predicted molar refractivity (Wildman–Crippen MR) is 112 cm³/mol. The number of benzene rings is 2. The summed E-state index contributed by atoms with van der Waals surface area (Å²) in [5.41, 5.74) is 1.90. The minimum Gasteiger partial charge on any atom is -0.508 e. The van der Waals surface area contributed by atoms with Crippen LogP contribution in [0, 0.1) is 6.92 Å². The number of carbonyl (C=O) groups is 2. The lowest BCUT2D eigenvalue weighted by atomic mass is 9.94. The van der Waals surface area contributed by atoms with E-state index in [1.165, 1.54) is 17.0 Å². The molecule has 0 saturated carbocycles. The van der Waals surface area contributed by atoms with Crippen LogP contribution < -0.4 is 0 Å². The molecular formula is C22H22BrNO5. The van der Waals surface area contributed by atoms with Crippen LogP contribution in [0.4, 0.5) is 0 Å². The molecule has 0 aliphatic carbocycles. The molecule has 1 atom stereocenters. The fourth-order valence-electron chi connectivity index (χ4n) is 3.48. The SMILES string of the molecule is COCCCN1C(=O)C(=O)/C(=C(\O)c2ccc(Br)c(C)c2)C1c1cccc(O)c1. The van der Waals surface area contributed by atoms with Crippen LogP contribution in [-0.2, 0) is 14.3 Å². The molecule has 2 N–H and O–H groups in total. The molecule has 0 bridgehead atoms. The van der Waals surface area contributed by atoms with Crippen molar-refractivity contribution < 1.29 is 24.5 Å². The number of rotatable bonds is 6. The molecule has 6 nitrogen and oxygen atoms in total. The van der Waals surface area contributed by atoms with Gasteiger partial charge >= 0.3 is 0 Å². The van der Waals surface area contributed by atoms with Gasteiger partial charge in [0.05, 0.1) is 11.6 Å². The van der Waals surface area contributed by atoms with Gasteiger partial charge in [0.15, 0.2) is 0 Å². The Bertz CT molecular complexity index is 985. The van der Waals surface area contributed by atoms with Gasteiger partial charge in [-0.15, -0.1) is 0 Å². The summed E-state index contributed by atoms with van der Waals surface area (Å²) in [6, 6.07) is 10.8. The quantitative estimate of drug-likeness (QED) is 0.295. The van der Waals surface area contributed by atoms with Crippen molar-refractivity contribution in [3.8, 4) is 5.75 Å². The zero-order valence-corrected chi connectivity index (χ0v) is 17.8. The van der Waals surface area contributed by atoms with Gasteiger partial charge in [0, 0.05) is 30.3 Å². The number of likely N-dealkylation sites (tertiary alicyclic amines) is 1. The zero-order valence-electron chi connectivity index (χ0n) is 16.2. The molecule has 1 fully saturated rings. The number of aliphatic hydroxyl groups is 1. The number of ketones is 1. The number of amides is 1. The van der Waals surface area contributed by atoms with Crippen LogP contribution in [0.2, 0.25) is 0 Å². The highest BCUT2D eigenvalue weighted by atomic mass is 79.9. The molecule has 7 heteroatoms. The first-order chi connectivity index (χ1) is 13.8. The Morgan fingerprint density at radius 3 is 2.62 bits per heavy atom. The number of ether oxygens (including phenoxy) is 1. The second kappa shape index (κ2) is 8.80. The highest BCUT2D eigenvalue weighted by Gasteiger charge is 2.45. The van der Waals surface area contributed by atoms with Crippen LogP contribution in [-0.4, -0.2) is 47.1 Å². The Hall–Kier alpha value is -2.64. The first-order valence-electron chi connectivity index (χ1n) is 9.18. The van der Waals surface area contributed by atoms with Crippen molar-refractivity contribution in [1.29, 1.82) is 0 Å². The summed E-state index contributed by atoms with van der Waals surface area (Å²) in [6.45, 7) is 2.59. The molecule has 1 unspecified atom stereocenters. The zero-order chi connectivity index (χ0) is 21.1. The third-order valence-corrected chi connectivity index (χ3v) is 5.79. The molecule has 1 amide bonds. The normalized spacial score (nSPS) is 18.4. The third kappa shape index (κ3) is 4.21. The lowest BCUT2D eigenvalue weighted by Crippen LogP contribution is -2.31. The van der Waals surface area contributed by atoms with Crippen LogP contribution in [0.3, 0.4) is 0 Å². The van der Waals surface area contributed by atoms with E-state index in [1.54, 1.807) is 37.4 Å². The summed E-state index contributed by atoms with van der Waals surface area (Å²) >= 11 is 3.42. The number of aryl methyl sites for hydroxylation is 1. The number of aliphatic hydroxyl groups excluding tert-OH is 1. The minimum atomic E-state index is -0.789. The largest absolute Gasteiger partial charge is 0.508 e. The molecule has 2 aromatic rings. The van der Waals surface area contributed by atoms with E-state index in [-0.39, 0.29) is 23.6 Å². The van der Waals surface area contributed by atoms with Crippen molar-refractivity contribution in [2.45, 2.75) is 19.4 Å². The van der Waals surface area contributed by atoms with Crippen LogP contribution in [0.15, 0.2) is 52.5 Å². The van der Waals surface area contributed by atoms with E-state index in [4.69, 9.17) is 4.74 Å². The third-order valence-electron chi connectivity index (χ3n) is 4.90. The Morgan fingerprint density at radius 1 is 1.21 bits per heavy atom. The van der Waals surface area contributed by atoms with Gasteiger partial charge in [0.25, 0.3) is 11.7 Å². The number of carbonyl (C=O) groups excluding carboxylic acids is 2.